The molecule has 0 atom stereocenters. The Hall–Kier alpha value is -6.17. The number of nitrogens with zero attached hydrogens (tertiary/aromatic N) is 4. The molecule has 10 aromatic rings. The second-order valence-electron chi connectivity index (χ2n) is 12.1. The maximum atomic E-state index is 5.25. The molecule has 0 aliphatic carbocycles. The lowest BCUT2D eigenvalue weighted by atomic mass is 10.0. The van der Waals surface area contributed by atoms with Gasteiger partial charge in [0.2, 0.25) is 0 Å². The number of hydrogen-bond acceptors (Lipinski definition) is 4. The first-order valence-corrected chi connectivity index (χ1v) is 16.9. The van der Waals surface area contributed by atoms with E-state index < -0.39 is 0 Å². The Morgan fingerprint density at radius 3 is 1.90 bits per heavy atom. The molecule has 4 nitrogen and oxygen atoms in total. The molecule has 0 unspecified atom stereocenters. The predicted molar refractivity (Wildman–Crippen MR) is 201 cm³/mol. The van der Waals surface area contributed by atoms with Crippen molar-refractivity contribution in [1.29, 1.82) is 0 Å². The smallest absolute Gasteiger partial charge is 0.166 e. The third-order valence-corrected chi connectivity index (χ3v) is 10.4. The summed E-state index contributed by atoms with van der Waals surface area (Å²) in [5.41, 5.74) is 6.19. The number of hydrogen-bond donors (Lipinski definition) is 0. The molecule has 0 amide bonds. The van der Waals surface area contributed by atoms with Gasteiger partial charge in [0.1, 0.15) is 0 Å². The van der Waals surface area contributed by atoms with E-state index in [9.17, 15) is 0 Å². The lowest BCUT2D eigenvalue weighted by molar-refractivity contribution is 1.07. The summed E-state index contributed by atoms with van der Waals surface area (Å²) in [6.45, 7) is 0. The zero-order valence-corrected chi connectivity index (χ0v) is 26.5. The SMILES string of the molecule is c1ccc(-c2nc(-c3ccc4sc5ccccc5c4c3)nc(-c3cccc4c5cc6ccccc6cc5n(-c5ccccc5)c34)n2)cc1. The maximum Gasteiger partial charge on any atom is 0.166 e. The van der Waals surface area contributed by atoms with Crippen molar-refractivity contribution in [1.82, 2.24) is 19.5 Å². The van der Waals surface area contributed by atoms with Gasteiger partial charge < -0.3 is 4.57 Å². The van der Waals surface area contributed by atoms with Crippen LogP contribution in [-0.2, 0) is 0 Å². The highest BCUT2D eigenvalue weighted by Crippen LogP contribution is 2.40. The topological polar surface area (TPSA) is 43.6 Å². The molecule has 0 saturated heterocycles. The van der Waals surface area contributed by atoms with Crippen molar-refractivity contribution >= 4 is 64.1 Å². The van der Waals surface area contributed by atoms with E-state index in [-0.39, 0.29) is 0 Å². The second-order valence-corrected chi connectivity index (χ2v) is 13.2. The Morgan fingerprint density at radius 1 is 0.417 bits per heavy atom. The van der Waals surface area contributed by atoms with Crippen molar-refractivity contribution in [2.24, 2.45) is 0 Å². The third kappa shape index (κ3) is 4.25. The molecule has 0 spiro atoms. The number of benzene rings is 7. The Bertz CT molecular complexity index is 2830. The Labute approximate surface area is 280 Å². The molecule has 0 radical (unpaired) electrons. The number of para-hydroxylation sites is 2. The number of fused-ring (bicyclic) bond motifs is 7. The predicted octanol–water partition coefficient (Wildman–Crippen LogP) is 11.5. The van der Waals surface area contributed by atoms with E-state index in [2.05, 4.69) is 144 Å². The molecule has 3 heterocycles. The Kier molecular flexibility index (Phi) is 6.01. The van der Waals surface area contributed by atoms with Crippen molar-refractivity contribution in [3.8, 4) is 39.9 Å². The fraction of sp³-hybridized carbons (Fsp3) is 0. The first-order chi connectivity index (χ1) is 23.8. The van der Waals surface area contributed by atoms with Crippen LogP contribution in [0.1, 0.15) is 0 Å². The van der Waals surface area contributed by atoms with Crippen LogP contribution >= 0.6 is 11.3 Å². The molecule has 0 aliphatic rings. The van der Waals surface area contributed by atoms with E-state index in [0.717, 1.165) is 38.8 Å². The van der Waals surface area contributed by atoms with E-state index >= 15 is 0 Å². The van der Waals surface area contributed by atoms with Crippen molar-refractivity contribution in [2.45, 2.75) is 0 Å². The van der Waals surface area contributed by atoms with Gasteiger partial charge in [0, 0.05) is 53.3 Å². The molecule has 0 saturated carbocycles. The molecule has 0 aliphatic heterocycles. The van der Waals surface area contributed by atoms with Gasteiger partial charge in [-0.2, -0.15) is 0 Å². The minimum atomic E-state index is 0.643. The lowest BCUT2D eigenvalue weighted by Crippen LogP contribution is -2.02. The van der Waals surface area contributed by atoms with E-state index in [0.29, 0.717) is 17.5 Å². The van der Waals surface area contributed by atoms with Gasteiger partial charge in [-0.25, -0.2) is 15.0 Å². The summed E-state index contributed by atoms with van der Waals surface area (Å²) in [6, 6.07) is 55.6. The van der Waals surface area contributed by atoms with Crippen molar-refractivity contribution in [3.63, 3.8) is 0 Å². The van der Waals surface area contributed by atoms with Gasteiger partial charge in [-0.3, -0.25) is 0 Å². The van der Waals surface area contributed by atoms with E-state index in [1.54, 1.807) is 0 Å². The van der Waals surface area contributed by atoms with E-state index in [4.69, 9.17) is 15.0 Å². The van der Waals surface area contributed by atoms with Gasteiger partial charge in [0.25, 0.3) is 0 Å². The molecule has 7 aromatic carbocycles. The zero-order chi connectivity index (χ0) is 31.6. The molecule has 10 rings (SSSR count). The number of thiophene rings is 1. The van der Waals surface area contributed by atoms with Crippen LogP contribution in [0.2, 0.25) is 0 Å². The van der Waals surface area contributed by atoms with E-state index in [1.807, 2.05) is 29.5 Å². The minimum Gasteiger partial charge on any atom is -0.308 e. The standard InChI is InChI=1S/C43H26N4S/c1-3-12-27(13-4-1)41-44-42(30-22-23-39-36(25-30)32-18-9-10-21-38(32)48-39)46-43(45-41)34-20-11-19-33-35-24-28-14-7-8-15-29(28)26-37(35)47(40(33)34)31-16-5-2-6-17-31/h1-26H. The summed E-state index contributed by atoms with van der Waals surface area (Å²) in [5.74, 6) is 1.95. The van der Waals surface area contributed by atoms with Gasteiger partial charge in [-0.1, -0.05) is 103 Å². The Morgan fingerprint density at radius 2 is 1.06 bits per heavy atom. The van der Waals surface area contributed by atoms with Crippen molar-refractivity contribution in [2.75, 3.05) is 0 Å². The van der Waals surface area contributed by atoms with Crippen molar-refractivity contribution in [3.05, 3.63) is 158 Å². The summed E-state index contributed by atoms with van der Waals surface area (Å²) in [6.07, 6.45) is 0. The summed E-state index contributed by atoms with van der Waals surface area (Å²) >= 11 is 1.81. The van der Waals surface area contributed by atoms with E-state index in [1.165, 1.54) is 36.3 Å². The quantitative estimate of drug-likeness (QED) is 0.194. The summed E-state index contributed by atoms with van der Waals surface area (Å²) in [4.78, 5) is 15.5. The molecule has 0 N–H and O–H groups in total. The number of rotatable bonds is 4. The van der Waals surface area contributed by atoms with Gasteiger partial charge in [-0.05, 0) is 65.4 Å². The van der Waals surface area contributed by atoms with Crippen LogP contribution in [0.25, 0.3) is 92.6 Å². The second kappa shape index (κ2) is 10.7. The minimum absolute atomic E-state index is 0.643. The highest BCUT2D eigenvalue weighted by atomic mass is 32.1. The summed E-state index contributed by atoms with van der Waals surface area (Å²) < 4.78 is 4.89. The Balaban J connectivity index is 1.28. The monoisotopic (exact) mass is 630 g/mol. The third-order valence-electron chi connectivity index (χ3n) is 9.21. The van der Waals surface area contributed by atoms with Gasteiger partial charge in [-0.15, -0.1) is 11.3 Å². The molecule has 3 aromatic heterocycles. The van der Waals surface area contributed by atoms with Gasteiger partial charge in [0.05, 0.1) is 11.0 Å². The molecule has 5 heteroatoms. The molecule has 0 bridgehead atoms. The molecule has 48 heavy (non-hydrogen) atoms. The summed E-state index contributed by atoms with van der Waals surface area (Å²) in [5, 5.41) is 7.24. The fourth-order valence-electron chi connectivity index (χ4n) is 6.98. The van der Waals surface area contributed by atoms with Gasteiger partial charge in [0.15, 0.2) is 17.5 Å². The average molecular weight is 631 g/mol. The first kappa shape index (κ1) is 27.0. The van der Waals surface area contributed by atoms with Crippen LogP contribution in [0.3, 0.4) is 0 Å². The van der Waals surface area contributed by atoms with Crippen molar-refractivity contribution < 1.29 is 0 Å². The molecular weight excluding hydrogens is 605 g/mol. The van der Waals surface area contributed by atoms with Crippen LogP contribution in [-0.4, -0.2) is 19.5 Å². The fourth-order valence-corrected chi connectivity index (χ4v) is 8.07. The van der Waals surface area contributed by atoms with Gasteiger partial charge >= 0.3 is 0 Å². The van der Waals surface area contributed by atoms with Crippen LogP contribution in [0.4, 0.5) is 0 Å². The largest absolute Gasteiger partial charge is 0.308 e. The first-order valence-electron chi connectivity index (χ1n) is 16.0. The molecular formula is C43H26N4S. The normalized spacial score (nSPS) is 11.8. The highest BCUT2D eigenvalue weighted by Gasteiger charge is 2.21. The van der Waals surface area contributed by atoms with Crippen LogP contribution < -0.4 is 0 Å². The van der Waals surface area contributed by atoms with Crippen LogP contribution in [0, 0.1) is 0 Å². The van der Waals surface area contributed by atoms with Crippen LogP contribution in [0.15, 0.2) is 158 Å². The average Bonchev–Trinajstić information content (AvgIpc) is 3.69. The molecule has 224 valence electrons. The highest BCUT2D eigenvalue weighted by molar-refractivity contribution is 7.25. The maximum absolute atomic E-state index is 5.25. The molecule has 0 fully saturated rings. The summed E-state index contributed by atoms with van der Waals surface area (Å²) in [7, 11) is 0. The lowest BCUT2D eigenvalue weighted by Gasteiger charge is -2.13. The number of aromatic nitrogens is 4. The van der Waals surface area contributed by atoms with Crippen LogP contribution in [0.5, 0.6) is 0 Å². The zero-order valence-electron chi connectivity index (χ0n) is 25.7.